The molecule has 0 aliphatic rings. The van der Waals surface area contributed by atoms with Gasteiger partial charge in [-0.2, -0.15) is 10.4 Å². The molecule has 1 amide bonds. The van der Waals surface area contributed by atoms with E-state index in [0.717, 1.165) is 17.7 Å². The van der Waals surface area contributed by atoms with Crippen molar-refractivity contribution in [3.05, 3.63) is 65.2 Å². The van der Waals surface area contributed by atoms with Crippen LogP contribution >= 0.6 is 0 Å². The average molecular weight is 321 g/mol. The predicted octanol–water partition coefficient (Wildman–Crippen LogP) is 3.50. The van der Waals surface area contributed by atoms with Gasteiger partial charge in [-0.1, -0.05) is 19.1 Å². The zero-order chi connectivity index (χ0) is 17.4. The van der Waals surface area contributed by atoms with Crippen molar-refractivity contribution in [3.8, 4) is 11.8 Å². The van der Waals surface area contributed by atoms with Crippen molar-refractivity contribution in [2.75, 3.05) is 6.61 Å². The van der Waals surface area contributed by atoms with Crippen LogP contribution in [-0.2, 0) is 0 Å². The Morgan fingerprint density at radius 2 is 1.75 bits per heavy atom. The minimum Gasteiger partial charge on any atom is -0.494 e. The van der Waals surface area contributed by atoms with Gasteiger partial charge >= 0.3 is 0 Å². The van der Waals surface area contributed by atoms with Crippen LogP contribution in [0, 0.1) is 11.3 Å². The lowest BCUT2D eigenvalue weighted by molar-refractivity contribution is 0.0955. The molecular weight excluding hydrogens is 302 g/mol. The minimum atomic E-state index is -0.287. The number of carbonyl (C=O) groups excluding carboxylic acids is 1. The van der Waals surface area contributed by atoms with Gasteiger partial charge in [0.1, 0.15) is 5.75 Å². The molecule has 122 valence electrons. The summed E-state index contributed by atoms with van der Waals surface area (Å²) in [5.74, 6) is 0.454. The third-order valence-corrected chi connectivity index (χ3v) is 3.35. The molecule has 0 radical (unpaired) electrons. The van der Waals surface area contributed by atoms with E-state index >= 15 is 0 Å². The van der Waals surface area contributed by atoms with Gasteiger partial charge in [0.25, 0.3) is 5.91 Å². The van der Waals surface area contributed by atoms with E-state index in [0.29, 0.717) is 23.4 Å². The first-order chi connectivity index (χ1) is 11.6. The second kappa shape index (κ2) is 8.49. The quantitative estimate of drug-likeness (QED) is 0.653. The smallest absolute Gasteiger partial charge is 0.271 e. The maximum atomic E-state index is 12.1. The van der Waals surface area contributed by atoms with E-state index in [9.17, 15) is 4.79 Å². The Labute approximate surface area is 141 Å². The molecular formula is C19H19N3O2. The normalized spacial score (nSPS) is 10.8. The molecule has 0 spiro atoms. The van der Waals surface area contributed by atoms with Crippen molar-refractivity contribution >= 4 is 11.6 Å². The van der Waals surface area contributed by atoms with Crippen molar-refractivity contribution < 1.29 is 9.53 Å². The van der Waals surface area contributed by atoms with Crippen molar-refractivity contribution in [2.24, 2.45) is 5.10 Å². The van der Waals surface area contributed by atoms with Crippen LogP contribution < -0.4 is 10.2 Å². The molecule has 0 unspecified atom stereocenters. The molecule has 1 N–H and O–H groups in total. The molecule has 0 saturated heterocycles. The van der Waals surface area contributed by atoms with Gasteiger partial charge in [-0.05, 0) is 55.3 Å². The number of nitrogens with one attached hydrogen (secondary N) is 1. The Bertz CT molecular complexity index is 757. The van der Waals surface area contributed by atoms with Crippen LogP contribution in [0.25, 0.3) is 0 Å². The number of hydrogen-bond donors (Lipinski definition) is 1. The van der Waals surface area contributed by atoms with Crippen LogP contribution in [0.5, 0.6) is 5.75 Å². The summed E-state index contributed by atoms with van der Waals surface area (Å²) in [7, 11) is 0. The van der Waals surface area contributed by atoms with E-state index in [1.807, 2.05) is 6.92 Å². The van der Waals surface area contributed by atoms with Gasteiger partial charge in [0.15, 0.2) is 0 Å². The Hall–Kier alpha value is -3.13. The maximum absolute atomic E-state index is 12.1. The molecule has 0 aliphatic carbocycles. The molecule has 0 saturated carbocycles. The number of nitrogens with zero attached hydrogens (tertiary/aromatic N) is 2. The van der Waals surface area contributed by atoms with Crippen LogP contribution in [0.1, 0.15) is 41.8 Å². The topological polar surface area (TPSA) is 74.5 Å². The fraction of sp³-hybridized carbons (Fsp3) is 0.211. The standard InChI is InChI=1S/C19H19N3O2/c1-3-12-24-18-10-8-17(9-11-18)19(23)22-21-14(2)16-6-4-15(13-20)5-7-16/h4-11H,3,12H2,1-2H3,(H,22,23)/b21-14+. The van der Waals surface area contributed by atoms with E-state index in [-0.39, 0.29) is 5.91 Å². The summed E-state index contributed by atoms with van der Waals surface area (Å²) in [5, 5.41) is 12.9. The van der Waals surface area contributed by atoms with Crippen molar-refractivity contribution in [3.63, 3.8) is 0 Å². The van der Waals surface area contributed by atoms with E-state index in [1.54, 1.807) is 55.5 Å². The van der Waals surface area contributed by atoms with Gasteiger partial charge in [0.05, 0.1) is 24.0 Å². The van der Waals surface area contributed by atoms with Gasteiger partial charge in [-0.3, -0.25) is 4.79 Å². The fourth-order valence-electron chi connectivity index (χ4n) is 1.97. The second-order valence-electron chi connectivity index (χ2n) is 5.20. The Morgan fingerprint density at radius 1 is 1.12 bits per heavy atom. The summed E-state index contributed by atoms with van der Waals surface area (Å²) in [6, 6.07) is 16.0. The molecule has 2 rings (SSSR count). The van der Waals surface area contributed by atoms with E-state index < -0.39 is 0 Å². The second-order valence-corrected chi connectivity index (χ2v) is 5.20. The molecule has 0 bridgehead atoms. The van der Waals surface area contributed by atoms with Gasteiger partial charge in [0, 0.05) is 5.56 Å². The van der Waals surface area contributed by atoms with Crippen molar-refractivity contribution in [1.29, 1.82) is 5.26 Å². The lowest BCUT2D eigenvalue weighted by atomic mass is 10.1. The van der Waals surface area contributed by atoms with E-state index in [4.69, 9.17) is 10.00 Å². The monoisotopic (exact) mass is 321 g/mol. The highest BCUT2D eigenvalue weighted by Gasteiger charge is 2.05. The Balaban J connectivity index is 1.99. The first-order valence-electron chi connectivity index (χ1n) is 7.72. The molecule has 0 aliphatic heterocycles. The van der Waals surface area contributed by atoms with Gasteiger partial charge in [-0.25, -0.2) is 5.43 Å². The number of hydrogen-bond acceptors (Lipinski definition) is 4. The number of hydrazone groups is 1. The third kappa shape index (κ3) is 4.68. The largest absolute Gasteiger partial charge is 0.494 e. The zero-order valence-electron chi connectivity index (χ0n) is 13.7. The lowest BCUT2D eigenvalue weighted by Gasteiger charge is -2.06. The molecule has 5 nitrogen and oxygen atoms in total. The van der Waals surface area contributed by atoms with Crippen LogP contribution in [0.15, 0.2) is 53.6 Å². The maximum Gasteiger partial charge on any atom is 0.271 e. The molecule has 5 heteroatoms. The number of amides is 1. The van der Waals surface area contributed by atoms with Crippen molar-refractivity contribution in [2.45, 2.75) is 20.3 Å². The highest BCUT2D eigenvalue weighted by atomic mass is 16.5. The summed E-state index contributed by atoms with van der Waals surface area (Å²) in [6.45, 7) is 4.49. The lowest BCUT2D eigenvalue weighted by Crippen LogP contribution is -2.19. The van der Waals surface area contributed by atoms with Gasteiger partial charge in [0.2, 0.25) is 0 Å². The van der Waals surface area contributed by atoms with E-state index in [2.05, 4.69) is 16.6 Å². The molecule has 0 atom stereocenters. The first-order valence-corrected chi connectivity index (χ1v) is 7.72. The summed E-state index contributed by atoms with van der Waals surface area (Å²) in [5.41, 5.74) is 5.13. The van der Waals surface area contributed by atoms with Crippen molar-refractivity contribution in [1.82, 2.24) is 5.43 Å². The Kier molecular flexibility index (Phi) is 6.09. The van der Waals surface area contributed by atoms with Gasteiger partial charge < -0.3 is 4.74 Å². The number of carbonyl (C=O) groups is 1. The molecule has 0 heterocycles. The number of benzene rings is 2. The van der Waals surface area contributed by atoms with Gasteiger partial charge in [-0.15, -0.1) is 0 Å². The summed E-state index contributed by atoms with van der Waals surface area (Å²) in [4.78, 5) is 12.1. The molecule has 0 fully saturated rings. The van der Waals surface area contributed by atoms with E-state index in [1.165, 1.54) is 0 Å². The van der Waals surface area contributed by atoms with Crippen LogP contribution in [0.2, 0.25) is 0 Å². The Morgan fingerprint density at radius 3 is 2.33 bits per heavy atom. The fourth-order valence-corrected chi connectivity index (χ4v) is 1.97. The third-order valence-electron chi connectivity index (χ3n) is 3.35. The molecule has 2 aromatic rings. The molecule has 0 aromatic heterocycles. The highest BCUT2D eigenvalue weighted by Crippen LogP contribution is 2.12. The number of nitriles is 1. The highest BCUT2D eigenvalue weighted by molar-refractivity contribution is 6.00. The van der Waals surface area contributed by atoms with Crippen LogP contribution in [-0.4, -0.2) is 18.2 Å². The average Bonchev–Trinajstić information content (AvgIpc) is 2.64. The summed E-state index contributed by atoms with van der Waals surface area (Å²) < 4.78 is 5.48. The zero-order valence-corrected chi connectivity index (χ0v) is 13.7. The predicted molar refractivity (Wildman–Crippen MR) is 93.1 cm³/mol. The first kappa shape index (κ1) is 17.2. The molecule has 2 aromatic carbocycles. The minimum absolute atomic E-state index is 0.287. The summed E-state index contributed by atoms with van der Waals surface area (Å²) >= 11 is 0. The number of ether oxygens (including phenoxy) is 1. The molecule has 24 heavy (non-hydrogen) atoms. The van der Waals surface area contributed by atoms with Crippen LogP contribution in [0.4, 0.5) is 0 Å². The summed E-state index contributed by atoms with van der Waals surface area (Å²) in [6.07, 6.45) is 0.936. The SMILES string of the molecule is CCCOc1ccc(C(=O)N/N=C(\C)c2ccc(C#N)cc2)cc1. The number of rotatable bonds is 6. The van der Waals surface area contributed by atoms with Crippen LogP contribution in [0.3, 0.4) is 0 Å².